The van der Waals surface area contributed by atoms with Crippen LogP contribution < -0.4 is 15.4 Å². The van der Waals surface area contributed by atoms with E-state index in [-0.39, 0.29) is 6.10 Å². The average Bonchev–Trinajstić information content (AvgIpc) is 3.31. The van der Waals surface area contributed by atoms with Crippen molar-refractivity contribution in [3.8, 4) is 16.2 Å². The summed E-state index contributed by atoms with van der Waals surface area (Å²) >= 11 is 1.32. The molecule has 2 aliphatic rings. The summed E-state index contributed by atoms with van der Waals surface area (Å²) in [7, 11) is 1.88. The van der Waals surface area contributed by atoms with E-state index in [4.69, 9.17) is 4.74 Å². The van der Waals surface area contributed by atoms with Crippen molar-refractivity contribution in [2.75, 3.05) is 45.1 Å². The second-order valence-corrected chi connectivity index (χ2v) is 10.4. The van der Waals surface area contributed by atoms with Gasteiger partial charge in [0.15, 0.2) is 0 Å². The van der Waals surface area contributed by atoms with Gasteiger partial charge in [0, 0.05) is 10.9 Å². The number of likely N-dealkylation sites (tertiary alicyclic amines) is 1. The monoisotopic (exact) mass is 524 g/mol. The highest BCUT2D eigenvalue weighted by Crippen LogP contribution is 2.33. The van der Waals surface area contributed by atoms with Crippen LogP contribution in [0, 0.1) is 0 Å². The Bertz CT molecular complexity index is 1030. The topological polar surface area (TPSA) is 73.9 Å². The van der Waals surface area contributed by atoms with E-state index in [9.17, 15) is 22.8 Å². The molecule has 3 heterocycles. The molecule has 2 aliphatic heterocycles. The fraction of sp³-hybridized carbons (Fsp3) is 0.520. The molecule has 36 heavy (non-hydrogen) atoms. The highest BCUT2D eigenvalue weighted by Gasteiger charge is 2.45. The van der Waals surface area contributed by atoms with Gasteiger partial charge in [0.05, 0.1) is 5.00 Å². The summed E-state index contributed by atoms with van der Waals surface area (Å²) in [5.41, 5.74) is 0.943. The van der Waals surface area contributed by atoms with Crippen LogP contribution in [0.4, 0.5) is 18.2 Å². The number of nitrogens with one attached hydrogen (secondary N) is 2. The molecule has 1 aromatic heterocycles. The van der Waals surface area contributed by atoms with Crippen LogP contribution in [-0.4, -0.2) is 79.7 Å². The summed E-state index contributed by atoms with van der Waals surface area (Å²) in [6.45, 7) is 2.41. The number of hydrogen-bond donors (Lipinski definition) is 2. The van der Waals surface area contributed by atoms with Gasteiger partial charge in [-0.25, -0.2) is 0 Å². The first-order valence-corrected chi connectivity index (χ1v) is 12.9. The lowest BCUT2D eigenvalue weighted by molar-refractivity contribution is -0.188. The Kier molecular flexibility index (Phi) is 8.53. The number of carbonyl (C=O) groups is 2. The number of benzene rings is 1. The molecular formula is C25H31F3N4O3S. The Morgan fingerprint density at radius 1 is 1.08 bits per heavy atom. The molecular weight excluding hydrogens is 493 g/mol. The lowest BCUT2D eigenvalue weighted by Gasteiger charge is -2.37. The molecule has 2 fully saturated rings. The summed E-state index contributed by atoms with van der Waals surface area (Å²) < 4.78 is 45.7. The molecule has 0 bridgehead atoms. The molecule has 196 valence electrons. The molecule has 2 aromatic rings. The van der Waals surface area contributed by atoms with Gasteiger partial charge < -0.3 is 25.2 Å². The number of carbonyl (C=O) groups excluding carboxylic acids is 2. The number of amides is 2. The number of rotatable bonds is 7. The smallest absolute Gasteiger partial charge is 0.471 e. The van der Waals surface area contributed by atoms with E-state index in [0.29, 0.717) is 35.8 Å². The number of halogens is 3. The first kappa shape index (κ1) is 26.4. The number of ether oxygens (including phenoxy) is 1. The fourth-order valence-electron chi connectivity index (χ4n) is 4.53. The molecule has 0 saturated carbocycles. The number of piperidine rings is 2. The van der Waals surface area contributed by atoms with E-state index in [1.54, 1.807) is 6.07 Å². The van der Waals surface area contributed by atoms with Crippen molar-refractivity contribution in [3.63, 3.8) is 0 Å². The molecule has 0 unspecified atom stereocenters. The van der Waals surface area contributed by atoms with Crippen LogP contribution in [0.5, 0.6) is 5.75 Å². The maximum absolute atomic E-state index is 13.2. The zero-order valence-electron chi connectivity index (χ0n) is 20.1. The van der Waals surface area contributed by atoms with Gasteiger partial charge in [-0.15, -0.1) is 11.3 Å². The summed E-state index contributed by atoms with van der Waals surface area (Å²) in [4.78, 5) is 28.3. The third-order valence-electron chi connectivity index (χ3n) is 6.54. The number of hydrogen-bond acceptors (Lipinski definition) is 6. The van der Waals surface area contributed by atoms with E-state index >= 15 is 0 Å². The number of thiophene rings is 1. The van der Waals surface area contributed by atoms with E-state index < -0.39 is 30.6 Å². The van der Waals surface area contributed by atoms with Crippen LogP contribution in [0.1, 0.15) is 25.7 Å². The highest BCUT2D eigenvalue weighted by molar-refractivity contribution is 7.19. The molecule has 4 rings (SSSR count). The number of nitrogens with zero attached hydrogens (tertiary/aromatic N) is 2. The summed E-state index contributed by atoms with van der Waals surface area (Å²) in [6.07, 6.45) is -2.08. The molecule has 1 aromatic carbocycles. The van der Waals surface area contributed by atoms with Gasteiger partial charge in [-0.2, -0.15) is 13.2 Å². The van der Waals surface area contributed by atoms with Crippen LogP contribution in [0.2, 0.25) is 0 Å². The Morgan fingerprint density at radius 2 is 1.75 bits per heavy atom. The minimum Gasteiger partial charge on any atom is -0.490 e. The summed E-state index contributed by atoms with van der Waals surface area (Å²) in [5, 5.41) is 6.47. The van der Waals surface area contributed by atoms with E-state index in [1.165, 1.54) is 11.3 Å². The third-order valence-corrected chi connectivity index (χ3v) is 7.59. The van der Waals surface area contributed by atoms with Crippen molar-refractivity contribution < 1.29 is 27.5 Å². The Labute approximate surface area is 212 Å². The Hall–Kier alpha value is -2.63. The molecule has 7 nitrogen and oxygen atoms in total. The standard InChI is InChI=1S/C25H31F3N4O3S/c1-31-14-10-18(11-15-31)32(24(34)25(26,27)28)16-22(33)30-23-7-6-21(36-23)17-2-4-19(5-3-17)35-20-8-12-29-13-9-20/h2-7,18,20,29H,8-16H2,1H3,(H,30,33). The maximum atomic E-state index is 13.2. The SMILES string of the molecule is CN1CCC(N(CC(=O)Nc2ccc(-c3ccc(OC4CCNCC4)cc3)s2)C(=O)C(F)(F)F)CC1. The number of alkyl halides is 3. The van der Waals surface area contributed by atoms with Crippen LogP contribution in [-0.2, 0) is 9.59 Å². The van der Waals surface area contributed by atoms with Crippen molar-refractivity contribution in [2.45, 2.75) is 44.0 Å². The molecule has 0 aliphatic carbocycles. The average molecular weight is 525 g/mol. The predicted octanol–water partition coefficient (Wildman–Crippen LogP) is 3.97. The van der Waals surface area contributed by atoms with Gasteiger partial charge in [0.25, 0.3) is 0 Å². The Balaban J connectivity index is 1.36. The summed E-state index contributed by atoms with van der Waals surface area (Å²) in [5.74, 6) is -1.81. The van der Waals surface area contributed by atoms with Gasteiger partial charge in [-0.1, -0.05) is 0 Å². The second-order valence-electron chi connectivity index (χ2n) is 9.27. The molecule has 0 spiro atoms. The van der Waals surface area contributed by atoms with Crippen molar-refractivity contribution in [1.29, 1.82) is 0 Å². The van der Waals surface area contributed by atoms with Crippen LogP contribution in [0.25, 0.3) is 10.4 Å². The van der Waals surface area contributed by atoms with Gasteiger partial charge in [0.2, 0.25) is 5.91 Å². The molecule has 2 saturated heterocycles. The van der Waals surface area contributed by atoms with Gasteiger partial charge in [-0.3, -0.25) is 9.59 Å². The molecule has 0 radical (unpaired) electrons. The van der Waals surface area contributed by atoms with Gasteiger partial charge in [0.1, 0.15) is 18.4 Å². The normalized spacial score (nSPS) is 18.1. The highest BCUT2D eigenvalue weighted by atomic mass is 32.1. The first-order valence-electron chi connectivity index (χ1n) is 12.1. The minimum absolute atomic E-state index is 0.207. The number of anilines is 1. The Morgan fingerprint density at radius 3 is 2.39 bits per heavy atom. The fourth-order valence-corrected chi connectivity index (χ4v) is 5.46. The first-order chi connectivity index (χ1) is 17.2. The zero-order chi connectivity index (χ0) is 25.7. The zero-order valence-corrected chi connectivity index (χ0v) is 21.0. The predicted molar refractivity (Wildman–Crippen MR) is 133 cm³/mol. The second kappa shape index (κ2) is 11.6. The van der Waals surface area contributed by atoms with E-state index in [1.807, 2.05) is 42.3 Å². The molecule has 0 atom stereocenters. The summed E-state index contributed by atoms with van der Waals surface area (Å²) in [6, 6.07) is 10.6. The van der Waals surface area contributed by atoms with Crippen LogP contribution in [0.3, 0.4) is 0 Å². The lowest BCUT2D eigenvalue weighted by atomic mass is 10.0. The van der Waals surface area contributed by atoms with Crippen molar-refractivity contribution >= 4 is 28.2 Å². The third kappa shape index (κ3) is 6.98. The van der Waals surface area contributed by atoms with E-state index in [2.05, 4.69) is 10.6 Å². The minimum atomic E-state index is -5.02. The lowest BCUT2D eigenvalue weighted by Crippen LogP contribution is -2.53. The van der Waals surface area contributed by atoms with Crippen molar-refractivity contribution in [2.24, 2.45) is 0 Å². The molecule has 2 N–H and O–H groups in total. The quantitative estimate of drug-likeness (QED) is 0.574. The molecule has 11 heteroatoms. The van der Waals surface area contributed by atoms with Crippen LogP contribution in [0.15, 0.2) is 36.4 Å². The van der Waals surface area contributed by atoms with Gasteiger partial charge in [-0.05, 0) is 101 Å². The van der Waals surface area contributed by atoms with Gasteiger partial charge >= 0.3 is 12.1 Å². The maximum Gasteiger partial charge on any atom is 0.471 e. The van der Waals surface area contributed by atoms with Crippen molar-refractivity contribution in [1.82, 2.24) is 15.1 Å². The van der Waals surface area contributed by atoms with E-state index in [0.717, 1.165) is 42.1 Å². The largest absolute Gasteiger partial charge is 0.490 e. The van der Waals surface area contributed by atoms with Crippen molar-refractivity contribution in [3.05, 3.63) is 36.4 Å². The molecule has 2 amide bonds. The van der Waals surface area contributed by atoms with Crippen LogP contribution >= 0.6 is 11.3 Å².